The normalized spacial score (nSPS) is 18.2. The van der Waals surface area contributed by atoms with E-state index in [4.69, 9.17) is 9.47 Å². The second-order valence-electron chi connectivity index (χ2n) is 12.6. The molecule has 0 saturated heterocycles. The first-order valence-electron chi connectivity index (χ1n) is 15.6. The molecule has 1 N–H and O–H groups in total. The number of hydrogen-bond donors (Lipinski definition) is 1. The van der Waals surface area contributed by atoms with Gasteiger partial charge in [-0.2, -0.15) is 0 Å². The molecule has 7 heteroatoms. The SMILES string of the molecule is COc1ccc(C2CC(=O)C3=C(C2)Nc2ccccc2N(C(C)=O)C3c2ccc(N(C(C)C)C(C)C)cc2OC(C)C)cc1. The molecule has 1 heterocycles. The molecule has 44 heavy (non-hydrogen) atoms. The second-order valence-corrected chi connectivity index (χ2v) is 12.6. The van der Waals surface area contributed by atoms with Crippen molar-refractivity contribution in [2.75, 3.05) is 22.2 Å². The topological polar surface area (TPSA) is 71.1 Å². The fourth-order valence-corrected chi connectivity index (χ4v) is 6.80. The third-order valence-electron chi connectivity index (χ3n) is 8.48. The number of para-hydroxylation sites is 2. The number of nitrogens with one attached hydrogen (secondary N) is 1. The van der Waals surface area contributed by atoms with Gasteiger partial charge in [-0.1, -0.05) is 30.3 Å². The monoisotopic (exact) mass is 595 g/mol. The van der Waals surface area contributed by atoms with Gasteiger partial charge in [0.2, 0.25) is 5.91 Å². The molecule has 0 radical (unpaired) electrons. The fraction of sp³-hybridized carbons (Fsp3) is 0.405. The lowest BCUT2D eigenvalue weighted by atomic mass is 9.78. The number of ketones is 1. The summed E-state index contributed by atoms with van der Waals surface area (Å²) in [5.74, 6) is 1.33. The first-order chi connectivity index (χ1) is 21.0. The Kier molecular flexibility index (Phi) is 9.05. The number of anilines is 3. The van der Waals surface area contributed by atoms with Crippen molar-refractivity contribution in [3.63, 3.8) is 0 Å². The number of amides is 1. The van der Waals surface area contributed by atoms with Gasteiger partial charge in [-0.15, -0.1) is 0 Å². The molecule has 5 rings (SSSR count). The van der Waals surface area contributed by atoms with Crippen molar-refractivity contribution in [1.29, 1.82) is 0 Å². The molecule has 7 nitrogen and oxygen atoms in total. The van der Waals surface area contributed by atoms with Crippen molar-refractivity contribution in [1.82, 2.24) is 0 Å². The number of ether oxygens (including phenoxy) is 2. The molecular weight excluding hydrogens is 550 g/mol. The second kappa shape index (κ2) is 12.8. The lowest BCUT2D eigenvalue weighted by molar-refractivity contribution is -0.117. The highest BCUT2D eigenvalue weighted by Crippen LogP contribution is 2.49. The number of Topliss-reactive ketones (excluding diaryl/α,β-unsaturated/α-hetero) is 1. The highest BCUT2D eigenvalue weighted by molar-refractivity contribution is 6.06. The summed E-state index contributed by atoms with van der Waals surface area (Å²) in [6.07, 6.45) is 0.877. The molecule has 2 aliphatic rings. The van der Waals surface area contributed by atoms with Crippen molar-refractivity contribution in [3.05, 3.63) is 89.1 Å². The summed E-state index contributed by atoms with van der Waals surface area (Å²) < 4.78 is 11.9. The molecule has 0 fully saturated rings. The maximum atomic E-state index is 14.4. The van der Waals surface area contributed by atoms with Crippen LogP contribution >= 0.6 is 0 Å². The minimum Gasteiger partial charge on any atom is -0.497 e. The Balaban J connectivity index is 1.72. The number of hydrogen-bond acceptors (Lipinski definition) is 6. The van der Waals surface area contributed by atoms with Gasteiger partial charge in [-0.3, -0.25) is 14.5 Å². The number of rotatable bonds is 8. The smallest absolute Gasteiger partial charge is 0.224 e. The van der Waals surface area contributed by atoms with Crippen molar-refractivity contribution < 1.29 is 19.1 Å². The number of nitrogens with zero attached hydrogens (tertiary/aromatic N) is 2. The minimum atomic E-state index is -0.655. The van der Waals surface area contributed by atoms with Crippen LogP contribution in [-0.2, 0) is 9.59 Å². The van der Waals surface area contributed by atoms with Crippen LogP contribution in [0.5, 0.6) is 11.5 Å². The average Bonchev–Trinajstić information content (AvgIpc) is 3.11. The van der Waals surface area contributed by atoms with E-state index in [2.05, 4.69) is 50.0 Å². The van der Waals surface area contributed by atoms with Crippen molar-refractivity contribution in [3.8, 4) is 11.5 Å². The van der Waals surface area contributed by atoms with E-state index < -0.39 is 6.04 Å². The van der Waals surface area contributed by atoms with E-state index in [1.807, 2.05) is 68.4 Å². The number of carbonyl (C=O) groups is 2. The Labute approximate surface area is 261 Å². The highest BCUT2D eigenvalue weighted by atomic mass is 16.5. The Morgan fingerprint density at radius 2 is 1.61 bits per heavy atom. The summed E-state index contributed by atoms with van der Waals surface area (Å²) in [7, 11) is 1.65. The summed E-state index contributed by atoms with van der Waals surface area (Å²) in [5.41, 5.74) is 5.92. The van der Waals surface area contributed by atoms with E-state index in [1.165, 1.54) is 0 Å². The summed E-state index contributed by atoms with van der Waals surface area (Å²) in [5, 5.41) is 3.61. The minimum absolute atomic E-state index is 0.00394. The van der Waals surface area contributed by atoms with Gasteiger partial charge < -0.3 is 19.7 Å². The van der Waals surface area contributed by atoms with Crippen LogP contribution in [0.1, 0.15) is 84.4 Å². The highest BCUT2D eigenvalue weighted by Gasteiger charge is 2.42. The molecule has 232 valence electrons. The molecule has 2 unspecified atom stereocenters. The summed E-state index contributed by atoms with van der Waals surface area (Å²) >= 11 is 0. The molecule has 1 aliphatic carbocycles. The third-order valence-corrected chi connectivity index (χ3v) is 8.48. The van der Waals surface area contributed by atoms with E-state index in [9.17, 15) is 9.59 Å². The maximum Gasteiger partial charge on any atom is 0.224 e. The Morgan fingerprint density at radius 3 is 2.23 bits per heavy atom. The molecule has 1 aliphatic heterocycles. The standard InChI is InChI=1S/C37H45N3O4/c1-22(2)39(23(3)4)28-15-18-30(35(21-28)44-24(5)6)37-36-32(38-31-11-9-10-12-33(31)40(37)25(7)41)19-27(20-34(36)42)26-13-16-29(43-8)17-14-26/h9-18,21-24,27,37-38H,19-20H2,1-8H3. The first kappa shape index (κ1) is 31.2. The zero-order valence-electron chi connectivity index (χ0n) is 27.2. The average molecular weight is 596 g/mol. The third kappa shape index (κ3) is 6.05. The molecule has 0 spiro atoms. The van der Waals surface area contributed by atoms with Gasteiger partial charge in [0, 0.05) is 54.0 Å². The maximum absolute atomic E-state index is 14.4. The van der Waals surface area contributed by atoms with E-state index in [0.29, 0.717) is 24.2 Å². The van der Waals surface area contributed by atoms with Crippen LogP contribution in [0.15, 0.2) is 78.0 Å². The molecular formula is C37H45N3O4. The van der Waals surface area contributed by atoms with Crippen LogP contribution in [0.2, 0.25) is 0 Å². The molecule has 0 saturated carbocycles. The van der Waals surface area contributed by atoms with Gasteiger partial charge in [-0.05, 0) is 89.8 Å². The quantitative estimate of drug-likeness (QED) is 0.284. The Bertz CT molecular complexity index is 1550. The van der Waals surface area contributed by atoms with Gasteiger partial charge in [0.25, 0.3) is 0 Å². The van der Waals surface area contributed by atoms with Crippen LogP contribution in [-0.4, -0.2) is 37.0 Å². The number of methoxy groups -OCH3 is 1. The number of carbonyl (C=O) groups excluding carboxylic acids is 2. The lowest BCUT2D eigenvalue weighted by Crippen LogP contribution is -2.38. The molecule has 2 atom stereocenters. The van der Waals surface area contributed by atoms with Gasteiger partial charge in [0.15, 0.2) is 5.78 Å². The molecule has 0 bridgehead atoms. The van der Waals surface area contributed by atoms with Crippen LogP contribution < -0.4 is 24.6 Å². The predicted molar refractivity (Wildman–Crippen MR) is 178 cm³/mol. The molecule has 3 aromatic rings. The van der Waals surface area contributed by atoms with Gasteiger partial charge in [-0.25, -0.2) is 0 Å². The van der Waals surface area contributed by atoms with Crippen LogP contribution in [0.3, 0.4) is 0 Å². The first-order valence-corrected chi connectivity index (χ1v) is 15.6. The molecule has 3 aromatic carbocycles. The number of fused-ring (bicyclic) bond motifs is 1. The zero-order chi connectivity index (χ0) is 31.7. The summed E-state index contributed by atoms with van der Waals surface area (Å²) in [6, 6.07) is 21.9. The van der Waals surface area contributed by atoms with E-state index in [-0.39, 0.29) is 35.8 Å². The molecule has 0 aromatic heterocycles. The van der Waals surface area contributed by atoms with E-state index >= 15 is 0 Å². The number of benzene rings is 3. The molecule has 1 amide bonds. The largest absolute Gasteiger partial charge is 0.497 e. The van der Waals surface area contributed by atoms with Crippen LogP contribution in [0.4, 0.5) is 17.1 Å². The van der Waals surface area contributed by atoms with Crippen molar-refractivity contribution in [2.45, 2.75) is 91.5 Å². The van der Waals surface area contributed by atoms with Crippen molar-refractivity contribution >= 4 is 28.8 Å². The van der Waals surface area contributed by atoms with Crippen LogP contribution in [0, 0.1) is 0 Å². The number of allylic oxidation sites excluding steroid dienone is 1. The fourth-order valence-electron chi connectivity index (χ4n) is 6.80. The van der Waals surface area contributed by atoms with Gasteiger partial charge >= 0.3 is 0 Å². The van der Waals surface area contributed by atoms with Crippen molar-refractivity contribution in [2.24, 2.45) is 0 Å². The van der Waals surface area contributed by atoms with E-state index in [1.54, 1.807) is 18.9 Å². The summed E-state index contributed by atoms with van der Waals surface area (Å²) in [4.78, 5) is 32.1. The summed E-state index contributed by atoms with van der Waals surface area (Å²) in [6.45, 7) is 14.3. The van der Waals surface area contributed by atoms with Gasteiger partial charge in [0.1, 0.15) is 11.5 Å². The van der Waals surface area contributed by atoms with E-state index in [0.717, 1.165) is 39.6 Å². The van der Waals surface area contributed by atoms with Gasteiger partial charge in [0.05, 0.1) is 30.6 Å². The zero-order valence-corrected chi connectivity index (χ0v) is 27.2. The predicted octanol–water partition coefficient (Wildman–Crippen LogP) is 8.03. The lowest BCUT2D eigenvalue weighted by Gasteiger charge is -2.37. The van der Waals surface area contributed by atoms with Crippen LogP contribution in [0.25, 0.3) is 0 Å². The Morgan fingerprint density at radius 1 is 0.932 bits per heavy atom. The Hall–Kier alpha value is -4.26.